The number of carboxylic acid groups (broad SMARTS) is 1. The van der Waals surface area contributed by atoms with Crippen LogP contribution in [0.1, 0.15) is 12.0 Å². The maximum absolute atomic E-state index is 11.7. The number of nitrogens with zero attached hydrogens (tertiary/aromatic N) is 2. The van der Waals surface area contributed by atoms with Crippen molar-refractivity contribution < 1.29 is 14.7 Å². The molecule has 0 aromatic heterocycles. The van der Waals surface area contributed by atoms with Crippen LogP contribution in [-0.4, -0.2) is 29.7 Å². The number of hydrogen-bond donors (Lipinski definition) is 2. The van der Waals surface area contributed by atoms with Crippen molar-refractivity contribution in [3.8, 4) is 6.07 Å². The highest BCUT2D eigenvalue weighted by atomic mass is 16.4. The Morgan fingerprint density at radius 3 is 2.94 bits per heavy atom. The maximum atomic E-state index is 11.7. The molecular formula is C12H11N3O3. The number of urea groups is 1. The van der Waals surface area contributed by atoms with Gasteiger partial charge >= 0.3 is 12.0 Å². The lowest BCUT2D eigenvalue weighted by molar-refractivity contribution is -0.137. The summed E-state index contributed by atoms with van der Waals surface area (Å²) in [6, 6.07) is 7.80. The number of anilines is 1. The Hall–Kier alpha value is -2.55. The molecule has 6 heteroatoms. The molecule has 0 spiro atoms. The fraction of sp³-hybridized carbons (Fsp3) is 0.250. The molecule has 0 bridgehead atoms. The van der Waals surface area contributed by atoms with Crippen LogP contribution in [0.15, 0.2) is 24.3 Å². The highest BCUT2D eigenvalue weighted by Crippen LogP contribution is 2.25. The smallest absolute Gasteiger partial charge is 0.322 e. The molecule has 0 radical (unpaired) electrons. The van der Waals surface area contributed by atoms with Gasteiger partial charge in [0.15, 0.2) is 0 Å². The molecule has 6 nitrogen and oxygen atoms in total. The van der Waals surface area contributed by atoms with Crippen LogP contribution in [0.5, 0.6) is 0 Å². The summed E-state index contributed by atoms with van der Waals surface area (Å²) in [5.74, 6) is -0.976. The average Bonchev–Trinajstić information content (AvgIpc) is 2.69. The van der Waals surface area contributed by atoms with Gasteiger partial charge in [-0.3, -0.25) is 9.69 Å². The Labute approximate surface area is 103 Å². The lowest BCUT2D eigenvalue weighted by Crippen LogP contribution is -2.36. The van der Waals surface area contributed by atoms with Gasteiger partial charge in [0.1, 0.15) is 6.07 Å². The number of hydrogen-bond acceptors (Lipinski definition) is 3. The number of carbonyl (C=O) groups is 2. The number of benzene rings is 1. The van der Waals surface area contributed by atoms with Gasteiger partial charge in [-0.1, -0.05) is 12.1 Å². The van der Waals surface area contributed by atoms with E-state index in [0.717, 1.165) is 0 Å². The Balaban J connectivity index is 2.37. The van der Waals surface area contributed by atoms with E-state index in [-0.39, 0.29) is 19.0 Å². The third-order valence-electron chi connectivity index (χ3n) is 2.77. The minimum absolute atomic E-state index is 0.154. The standard InChI is InChI=1S/C12H11N3O3/c13-6-8-3-1-2-4-10(8)15-9(5-11(16)17)7-14-12(15)18/h1-4,9H,5,7H2,(H,14,18)(H,16,17). The normalized spacial score (nSPS) is 18.3. The van der Waals surface area contributed by atoms with Crippen LogP contribution in [-0.2, 0) is 4.79 Å². The first-order valence-electron chi connectivity index (χ1n) is 5.41. The molecule has 1 aliphatic rings. The zero-order valence-corrected chi connectivity index (χ0v) is 9.46. The molecule has 1 aromatic carbocycles. The minimum Gasteiger partial charge on any atom is -0.481 e. The zero-order chi connectivity index (χ0) is 13.1. The Morgan fingerprint density at radius 1 is 1.56 bits per heavy atom. The van der Waals surface area contributed by atoms with E-state index in [0.29, 0.717) is 11.3 Å². The lowest BCUT2D eigenvalue weighted by atomic mass is 10.1. The van der Waals surface area contributed by atoms with Gasteiger partial charge in [-0.25, -0.2) is 4.79 Å². The fourth-order valence-corrected chi connectivity index (χ4v) is 2.00. The molecule has 1 atom stereocenters. The van der Waals surface area contributed by atoms with E-state index < -0.39 is 12.0 Å². The van der Waals surface area contributed by atoms with Gasteiger partial charge in [0.05, 0.1) is 23.7 Å². The molecule has 2 amide bonds. The summed E-state index contributed by atoms with van der Waals surface area (Å²) in [6.07, 6.45) is -0.154. The monoisotopic (exact) mass is 245 g/mol. The van der Waals surface area contributed by atoms with E-state index in [9.17, 15) is 9.59 Å². The van der Waals surface area contributed by atoms with E-state index in [4.69, 9.17) is 10.4 Å². The van der Waals surface area contributed by atoms with Crippen LogP contribution < -0.4 is 10.2 Å². The minimum atomic E-state index is -0.976. The van der Waals surface area contributed by atoms with Gasteiger partial charge in [-0.05, 0) is 12.1 Å². The number of nitriles is 1. The van der Waals surface area contributed by atoms with Crippen molar-refractivity contribution in [2.75, 3.05) is 11.4 Å². The predicted octanol–water partition coefficient (Wildman–Crippen LogP) is 0.931. The molecular weight excluding hydrogens is 234 g/mol. The second-order valence-electron chi connectivity index (χ2n) is 3.94. The van der Waals surface area contributed by atoms with Crippen LogP contribution in [0.2, 0.25) is 0 Å². The van der Waals surface area contributed by atoms with Crippen LogP contribution in [0.25, 0.3) is 0 Å². The summed E-state index contributed by atoms with van der Waals surface area (Å²) in [5, 5.41) is 20.4. The second kappa shape index (κ2) is 4.75. The first kappa shape index (κ1) is 11.9. The molecule has 1 aliphatic heterocycles. The number of para-hydroxylation sites is 1. The van der Waals surface area contributed by atoms with Crippen molar-refractivity contribution in [3.63, 3.8) is 0 Å². The number of amides is 2. The summed E-state index contributed by atoms with van der Waals surface area (Å²) < 4.78 is 0. The molecule has 0 saturated carbocycles. The molecule has 1 unspecified atom stereocenters. The predicted molar refractivity (Wildman–Crippen MR) is 63.1 cm³/mol. The quantitative estimate of drug-likeness (QED) is 0.828. The third kappa shape index (κ3) is 2.11. The van der Waals surface area contributed by atoms with E-state index in [2.05, 4.69) is 5.32 Å². The Bertz CT molecular complexity index is 536. The maximum Gasteiger partial charge on any atom is 0.322 e. The molecule has 1 aromatic rings. The first-order chi connectivity index (χ1) is 8.63. The number of nitrogens with one attached hydrogen (secondary N) is 1. The summed E-state index contributed by atoms with van der Waals surface area (Å²) in [4.78, 5) is 23.8. The highest BCUT2D eigenvalue weighted by Gasteiger charge is 2.34. The van der Waals surface area contributed by atoms with Crippen LogP contribution >= 0.6 is 0 Å². The highest BCUT2D eigenvalue weighted by molar-refractivity contribution is 5.97. The fourth-order valence-electron chi connectivity index (χ4n) is 2.00. The van der Waals surface area contributed by atoms with Gasteiger partial charge in [0, 0.05) is 6.54 Å². The van der Waals surface area contributed by atoms with E-state index >= 15 is 0 Å². The summed E-state index contributed by atoms with van der Waals surface area (Å²) in [5.41, 5.74) is 0.797. The average molecular weight is 245 g/mol. The largest absolute Gasteiger partial charge is 0.481 e. The molecule has 1 fully saturated rings. The molecule has 18 heavy (non-hydrogen) atoms. The van der Waals surface area contributed by atoms with Crippen LogP contribution in [0.3, 0.4) is 0 Å². The molecule has 2 rings (SSSR count). The van der Waals surface area contributed by atoms with Crippen molar-refractivity contribution in [1.82, 2.24) is 5.32 Å². The van der Waals surface area contributed by atoms with Gasteiger partial charge in [-0.15, -0.1) is 0 Å². The molecule has 92 valence electrons. The van der Waals surface area contributed by atoms with Gasteiger partial charge in [-0.2, -0.15) is 5.26 Å². The Kier molecular flexibility index (Phi) is 3.15. The van der Waals surface area contributed by atoms with Crippen molar-refractivity contribution in [2.24, 2.45) is 0 Å². The van der Waals surface area contributed by atoms with Crippen molar-refractivity contribution in [3.05, 3.63) is 29.8 Å². The molecule has 1 heterocycles. The van der Waals surface area contributed by atoms with Crippen LogP contribution in [0, 0.1) is 11.3 Å². The van der Waals surface area contributed by atoms with Gasteiger partial charge < -0.3 is 10.4 Å². The summed E-state index contributed by atoms with van der Waals surface area (Å²) in [7, 11) is 0. The summed E-state index contributed by atoms with van der Waals surface area (Å²) >= 11 is 0. The van der Waals surface area contributed by atoms with Gasteiger partial charge in [0.2, 0.25) is 0 Å². The topological polar surface area (TPSA) is 93.4 Å². The van der Waals surface area contributed by atoms with E-state index in [1.165, 1.54) is 4.90 Å². The summed E-state index contributed by atoms with van der Waals surface area (Å²) in [6.45, 7) is 0.269. The number of carboxylic acids is 1. The molecule has 0 aliphatic carbocycles. The van der Waals surface area contributed by atoms with Crippen LogP contribution in [0.4, 0.5) is 10.5 Å². The number of rotatable bonds is 3. The number of aliphatic carboxylic acids is 1. The van der Waals surface area contributed by atoms with E-state index in [1.54, 1.807) is 24.3 Å². The lowest BCUT2D eigenvalue weighted by Gasteiger charge is -2.22. The second-order valence-corrected chi connectivity index (χ2v) is 3.94. The zero-order valence-electron chi connectivity index (χ0n) is 9.46. The van der Waals surface area contributed by atoms with E-state index in [1.807, 2.05) is 6.07 Å². The SMILES string of the molecule is N#Cc1ccccc1N1C(=O)NCC1CC(=O)O. The van der Waals surface area contributed by atoms with Crippen molar-refractivity contribution >= 4 is 17.7 Å². The van der Waals surface area contributed by atoms with Gasteiger partial charge in [0.25, 0.3) is 0 Å². The Morgan fingerprint density at radius 2 is 2.28 bits per heavy atom. The van der Waals surface area contributed by atoms with Crippen molar-refractivity contribution in [1.29, 1.82) is 5.26 Å². The first-order valence-corrected chi connectivity index (χ1v) is 5.41. The molecule has 2 N–H and O–H groups in total. The third-order valence-corrected chi connectivity index (χ3v) is 2.77. The number of carbonyl (C=O) groups excluding carboxylic acids is 1. The molecule has 1 saturated heterocycles. The van der Waals surface area contributed by atoms with Crippen molar-refractivity contribution in [2.45, 2.75) is 12.5 Å².